The van der Waals surface area contributed by atoms with Crippen molar-refractivity contribution < 1.29 is 21.9 Å². The minimum Gasteiger partial charge on any atom is -0.476 e. The van der Waals surface area contributed by atoms with Gasteiger partial charge >= 0.3 is 0 Å². The molecule has 28 heavy (non-hydrogen) atoms. The maximum Gasteiger partial charge on any atom is 0.250 e. The van der Waals surface area contributed by atoms with E-state index in [2.05, 4.69) is 20.3 Å². The molecule has 1 aliphatic heterocycles. The second kappa shape index (κ2) is 8.31. The van der Waals surface area contributed by atoms with Gasteiger partial charge < -0.3 is 10.1 Å². The van der Waals surface area contributed by atoms with Crippen molar-refractivity contribution >= 4 is 16.0 Å². The van der Waals surface area contributed by atoms with Crippen molar-refractivity contribution in [1.29, 1.82) is 0 Å². The molecule has 0 atom stereocenters. The molecule has 0 aromatic carbocycles. The third-order valence-electron chi connectivity index (χ3n) is 4.36. The molecule has 0 saturated carbocycles. The molecule has 0 amide bonds. The fourth-order valence-electron chi connectivity index (χ4n) is 2.95. The fraction of sp³-hybridized carbons (Fsp3) is 0.471. The normalized spacial score (nSPS) is 16.1. The van der Waals surface area contributed by atoms with Gasteiger partial charge in [-0.05, 0) is 25.8 Å². The topological polar surface area (TPSA) is 97.3 Å². The van der Waals surface area contributed by atoms with Crippen LogP contribution in [0.5, 0.6) is 5.88 Å². The zero-order valence-electron chi connectivity index (χ0n) is 15.5. The molecule has 2 aromatic heterocycles. The Bertz CT molecular complexity index is 950. The van der Waals surface area contributed by atoms with Crippen molar-refractivity contribution in [2.75, 3.05) is 31.3 Å². The molecule has 0 spiro atoms. The van der Waals surface area contributed by atoms with E-state index in [9.17, 15) is 17.2 Å². The average Bonchev–Trinajstić information content (AvgIpc) is 2.65. The van der Waals surface area contributed by atoms with E-state index in [4.69, 9.17) is 4.74 Å². The van der Waals surface area contributed by atoms with Gasteiger partial charge in [0.2, 0.25) is 21.9 Å². The lowest BCUT2D eigenvalue weighted by molar-refractivity contribution is 0.307. The van der Waals surface area contributed by atoms with E-state index in [1.807, 2.05) is 0 Å². The Morgan fingerprint density at radius 3 is 2.54 bits per heavy atom. The van der Waals surface area contributed by atoms with Crippen LogP contribution in [0.15, 0.2) is 18.5 Å². The number of ether oxygens (including phenoxy) is 1. The number of hydrogen-bond donors (Lipinski definition) is 1. The molecule has 3 heterocycles. The van der Waals surface area contributed by atoms with Crippen LogP contribution < -0.4 is 10.1 Å². The van der Waals surface area contributed by atoms with Crippen molar-refractivity contribution in [1.82, 2.24) is 19.3 Å². The summed E-state index contributed by atoms with van der Waals surface area (Å²) in [5.74, 6) is -1.39. The number of rotatable bonds is 6. The van der Waals surface area contributed by atoms with Crippen LogP contribution in [-0.4, -0.2) is 59.7 Å². The standard InChI is InChI=1S/C17H21F2N5O3S/c1-3-27-16-13(18)8-11(9-20-16)15-14(19)10-21-17(23-15)22-12-4-6-24(7-5-12)28(2,25)26/h8-10,12H,3-7H2,1-2H3,(H,21,22,23). The number of pyridine rings is 1. The van der Waals surface area contributed by atoms with Crippen molar-refractivity contribution in [3.8, 4) is 17.1 Å². The van der Waals surface area contributed by atoms with Crippen LogP contribution in [0.3, 0.4) is 0 Å². The summed E-state index contributed by atoms with van der Waals surface area (Å²) < 4.78 is 57.8. The summed E-state index contributed by atoms with van der Waals surface area (Å²) in [5.41, 5.74) is 0.0799. The highest BCUT2D eigenvalue weighted by Gasteiger charge is 2.25. The van der Waals surface area contributed by atoms with E-state index in [1.165, 1.54) is 16.8 Å². The van der Waals surface area contributed by atoms with Crippen LogP contribution in [0.25, 0.3) is 11.3 Å². The summed E-state index contributed by atoms with van der Waals surface area (Å²) in [6.45, 7) is 2.74. The summed E-state index contributed by atoms with van der Waals surface area (Å²) in [5, 5.41) is 3.09. The first-order chi connectivity index (χ1) is 13.3. The molecule has 0 bridgehead atoms. The lowest BCUT2D eigenvalue weighted by Crippen LogP contribution is -2.42. The first-order valence-electron chi connectivity index (χ1n) is 8.81. The molecular formula is C17H21F2N5O3S. The molecule has 1 aliphatic rings. The van der Waals surface area contributed by atoms with Gasteiger partial charge in [-0.1, -0.05) is 0 Å². The molecule has 11 heteroatoms. The summed E-state index contributed by atoms with van der Waals surface area (Å²) >= 11 is 0. The maximum absolute atomic E-state index is 14.2. The highest BCUT2D eigenvalue weighted by Crippen LogP contribution is 2.25. The molecule has 152 valence electrons. The Morgan fingerprint density at radius 1 is 1.21 bits per heavy atom. The Hall–Kier alpha value is -2.40. The number of aromatic nitrogens is 3. The monoisotopic (exact) mass is 413 g/mol. The van der Waals surface area contributed by atoms with Crippen LogP contribution >= 0.6 is 0 Å². The van der Waals surface area contributed by atoms with Crippen LogP contribution in [0.4, 0.5) is 14.7 Å². The highest BCUT2D eigenvalue weighted by molar-refractivity contribution is 7.88. The zero-order valence-corrected chi connectivity index (χ0v) is 16.3. The number of sulfonamides is 1. The molecule has 3 rings (SSSR count). The summed E-state index contributed by atoms with van der Waals surface area (Å²) in [7, 11) is -3.21. The van der Waals surface area contributed by atoms with Gasteiger partial charge in [-0.2, -0.15) is 0 Å². The van der Waals surface area contributed by atoms with Gasteiger partial charge in [-0.15, -0.1) is 0 Å². The Kier molecular flexibility index (Phi) is 6.04. The number of piperidine rings is 1. The molecular weight excluding hydrogens is 392 g/mol. The number of anilines is 1. The van der Waals surface area contributed by atoms with Gasteiger partial charge in [0.05, 0.1) is 19.1 Å². The van der Waals surface area contributed by atoms with E-state index < -0.39 is 21.7 Å². The highest BCUT2D eigenvalue weighted by atomic mass is 32.2. The van der Waals surface area contributed by atoms with Crippen molar-refractivity contribution in [2.24, 2.45) is 0 Å². The van der Waals surface area contributed by atoms with Gasteiger partial charge in [0, 0.05) is 30.9 Å². The van der Waals surface area contributed by atoms with Crippen LogP contribution in [0, 0.1) is 11.6 Å². The van der Waals surface area contributed by atoms with Crippen molar-refractivity contribution in [3.63, 3.8) is 0 Å². The van der Waals surface area contributed by atoms with Crippen LogP contribution in [-0.2, 0) is 10.0 Å². The van der Waals surface area contributed by atoms with E-state index in [0.29, 0.717) is 25.9 Å². The maximum atomic E-state index is 14.2. The molecule has 1 fully saturated rings. The number of nitrogens with zero attached hydrogens (tertiary/aromatic N) is 4. The van der Waals surface area contributed by atoms with Crippen LogP contribution in [0.2, 0.25) is 0 Å². The Morgan fingerprint density at radius 2 is 1.93 bits per heavy atom. The van der Waals surface area contributed by atoms with E-state index in [0.717, 1.165) is 12.3 Å². The molecule has 0 aliphatic carbocycles. The number of nitrogens with one attached hydrogen (secondary N) is 1. The predicted molar refractivity (Wildman–Crippen MR) is 99.4 cm³/mol. The molecule has 0 radical (unpaired) electrons. The van der Waals surface area contributed by atoms with Crippen molar-refractivity contribution in [2.45, 2.75) is 25.8 Å². The summed E-state index contributed by atoms with van der Waals surface area (Å²) in [4.78, 5) is 11.9. The molecule has 1 saturated heterocycles. The third kappa shape index (κ3) is 4.71. The second-order valence-electron chi connectivity index (χ2n) is 6.41. The Balaban J connectivity index is 1.75. The van der Waals surface area contributed by atoms with Gasteiger partial charge in [-0.3, -0.25) is 0 Å². The lowest BCUT2D eigenvalue weighted by atomic mass is 10.1. The first-order valence-corrected chi connectivity index (χ1v) is 10.7. The minimum atomic E-state index is -3.21. The quantitative estimate of drug-likeness (QED) is 0.774. The number of halogens is 2. The smallest absolute Gasteiger partial charge is 0.250 e. The minimum absolute atomic E-state index is 0.0495. The van der Waals surface area contributed by atoms with Crippen molar-refractivity contribution in [3.05, 3.63) is 30.1 Å². The lowest BCUT2D eigenvalue weighted by Gasteiger charge is -2.30. The molecule has 1 N–H and O–H groups in total. The van der Waals surface area contributed by atoms with E-state index in [1.54, 1.807) is 6.92 Å². The fourth-order valence-corrected chi connectivity index (χ4v) is 3.83. The van der Waals surface area contributed by atoms with Crippen LogP contribution in [0.1, 0.15) is 19.8 Å². The zero-order chi connectivity index (χ0) is 20.3. The van der Waals surface area contributed by atoms with E-state index in [-0.39, 0.29) is 35.7 Å². The predicted octanol–water partition coefficient (Wildman–Crippen LogP) is 2.05. The van der Waals surface area contributed by atoms with E-state index >= 15 is 0 Å². The average molecular weight is 413 g/mol. The Labute approximate surface area is 162 Å². The largest absolute Gasteiger partial charge is 0.476 e. The number of hydrogen-bond acceptors (Lipinski definition) is 7. The van der Waals surface area contributed by atoms with Gasteiger partial charge in [0.1, 0.15) is 5.69 Å². The van der Waals surface area contributed by atoms with Gasteiger partial charge in [0.25, 0.3) is 0 Å². The molecule has 2 aromatic rings. The summed E-state index contributed by atoms with van der Waals surface area (Å²) in [6, 6.07) is 1.06. The molecule has 8 nitrogen and oxygen atoms in total. The first kappa shape index (κ1) is 20.3. The van der Waals surface area contributed by atoms with Gasteiger partial charge in [-0.25, -0.2) is 36.5 Å². The SMILES string of the molecule is CCOc1ncc(-c2nc(NC3CCN(S(C)(=O)=O)CC3)ncc2F)cc1F. The van der Waals surface area contributed by atoms with Gasteiger partial charge in [0.15, 0.2) is 11.6 Å². The third-order valence-corrected chi connectivity index (χ3v) is 5.67. The molecule has 0 unspecified atom stereocenters. The second-order valence-corrected chi connectivity index (χ2v) is 8.40. The summed E-state index contributed by atoms with van der Waals surface area (Å²) in [6.07, 6.45) is 4.61.